The van der Waals surface area contributed by atoms with Crippen molar-refractivity contribution in [1.82, 2.24) is 4.98 Å². The van der Waals surface area contributed by atoms with Gasteiger partial charge < -0.3 is 15.5 Å². The van der Waals surface area contributed by atoms with E-state index in [4.69, 9.17) is 0 Å². The molecule has 1 aromatic heterocycles. The number of aromatic nitrogens is 1. The summed E-state index contributed by atoms with van der Waals surface area (Å²) < 4.78 is 13.2. The van der Waals surface area contributed by atoms with E-state index in [2.05, 4.69) is 46.5 Å². The zero-order chi connectivity index (χ0) is 19.9. The van der Waals surface area contributed by atoms with Gasteiger partial charge in [0.15, 0.2) is 0 Å². The van der Waals surface area contributed by atoms with Gasteiger partial charge in [0.25, 0.3) is 5.91 Å². The SMILES string of the molecule is CCN(CC)c1ccc(Nc2ccc(C(=O)Nc3cccc(F)c3)nc2)cc1. The number of carbonyl (C=O) groups is 1. The lowest BCUT2D eigenvalue weighted by Gasteiger charge is -2.21. The predicted molar refractivity (Wildman–Crippen MR) is 112 cm³/mol. The fourth-order valence-corrected chi connectivity index (χ4v) is 2.87. The Labute approximate surface area is 164 Å². The Morgan fingerprint density at radius 1 is 0.964 bits per heavy atom. The molecule has 0 aliphatic carbocycles. The van der Waals surface area contributed by atoms with Crippen molar-refractivity contribution in [3.63, 3.8) is 0 Å². The van der Waals surface area contributed by atoms with E-state index in [0.29, 0.717) is 5.69 Å². The largest absolute Gasteiger partial charge is 0.372 e. The first kappa shape index (κ1) is 19.4. The molecule has 3 aromatic rings. The Balaban J connectivity index is 1.63. The second kappa shape index (κ2) is 8.99. The molecule has 0 atom stereocenters. The first-order chi connectivity index (χ1) is 13.6. The predicted octanol–water partition coefficient (Wildman–Crippen LogP) is 5.06. The molecule has 3 rings (SSSR count). The van der Waals surface area contributed by atoms with Gasteiger partial charge >= 0.3 is 0 Å². The summed E-state index contributed by atoms with van der Waals surface area (Å²) >= 11 is 0. The number of amides is 1. The van der Waals surface area contributed by atoms with Crippen LogP contribution in [0.3, 0.4) is 0 Å². The van der Waals surface area contributed by atoms with Crippen LogP contribution in [0.2, 0.25) is 0 Å². The summed E-state index contributed by atoms with van der Waals surface area (Å²) in [5.41, 5.74) is 3.54. The van der Waals surface area contributed by atoms with Crippen molar-refractivity contribution in [3.05, 3.63) is 78.4 Å². The normalized spacial score (nSPS) is 10.4. The van der Waals surface area contributed by atoms with Gasteiger partial charge in [-0.1, -0.05) is 6.07 Å². The van der Waals surface area contributed by atoms with E-state index in [9.17, 15) is 9.18 Å². The van der Waals surface area contributed by atoms with Gasteiger partial charge in [0.05, 0.1) is 11.9 Å². The lowest BCUT2D eigenvalue weighted by Crippen LogP contribution is -2.21. The van der Waals surface area contributed by atoms with E-state index >= 15 is 0 Å². The van der Waals surface area contributed by atoms with Gasteiger partial charge in [-0.2, -0.15) is 0 Å². The van der Waals surface area contributed by atoms with Crippen molar-refractivity contribution in [1.29, 1.82) is 0 Å². The number of pyridine rings is 1. The molecule has 0 fully saturated rings. The second-order valence-corrected chi connectivity index (χ2v) is 6.24. The number of halogens is 1. The summed E-state index contributed by atoms with van der Waals surface area (Å²) in [6, 6.07) is 17.3. The second-order valence-electron chi connectivity index (χ2n) is 6.24. The molecule has 28 heavy (non-hydrogen) atoms. The van der Waals surface area contributed by atoms with Crippen LogP contribution in [0.1, 0.15) is 24.3 Å². The number of hydrogen-bond donors (Lipinski definition) is 2. The van der Waals surface area contributed by atoms with E-state index in [1.54, 1.807) is 24.4 Å². The Morgan fingerprint density at radius 3 is 2.29 bits per heavy atom. The standard InChI is InChI=1S/C22H23FN4O/c1-3-27(4-2)20-11-8-17(9-12-20)25-19-10-13-21(24-15-19)22(28)26-18-7-5-6-16(23)14-18/h5-15,25H,3-4H2,1-2H3,(H,26,28). The van der Waals surface area contributed by atoms with Gasteiger partial charge in [0.1, 0.15) is 11.5 Å². The number of nitrogens with zero attached hydrogens (tertiary/aromatic N) is 2. The van der Waals surface area contributed by atoms with Crippen LogP contribution >= 0.6 is 0 Å². The molecular formula is C22H23FN4O. The molecule has 0 aliphatic rings. The molecule has 0 saturated heterocycles. The monoisotopic (exact) mass is 378 g/mol. The van der Waals surface area contributed by atoms with E-state index in [1.807, 2.05) is 12.1 Å². The molecule has 6 heteroatoms. The fraction of sp³-hybridized carbons (Fsp3) is 0.182. The van der Waals surface area contributed by atoms with Crippen LogP contribution in [0, 0.1) is 5.82 Å². The lowest BCUT2D eigenvalue weighted by atomic mass is 10.2. The van der Waals surface area contributed by atoms with Crippen molar-refractivity contribution in [3.8, 4) is 0 Å². The molecule has 5 nitrogen and oxygen atoms in total. The van der Waals surface area contributed by atoms with Crippen LogP contribution in [0.4, 0.5) is 27.1 Å². The molecular weight excluding hydrogens is 355 g/mol. The maximum Gasteiger partial charge on any atom is 0.274 e. The van der Waals surface area contributed by atoms with Crippen LogP contribution in [0.15, 0.2) is 66.9 Å². The maximum absolute atomic E-state index is 13.2. The van der Waals surface area contributed by atoms with Crippen LogP contribution in [-0.2, 0) is 0 Å². The highest BCUT2D eigenvalue weighted by Gasteiger charge is 2.08. The highest BCUT2D eigenvalue weighted by molar-refractivity contribution is 6.02. The smallest absolute Gasteiger partial charge is 0.274 e. The van der Waals surface area contributed by atoms with Crippen molar-refractivity contribution >= 4 is 28.7 Å². The minimum absolute atomic E-state index is 0.256. The number of rotatable bonds is 7. The van der Waals surface area contributed by atoms with Crippen molar-refractivity contribution in [2.45, 2.75) is 13.8 Å². The first-order valence-electron chi connectivity index (χ1n) is 9.24. The van der Waals surface area contributed by atoms with Crippen LogP contribution in [-0.4, -0.2) is 24.0 Å². The minimum atomic E-state index is -0.405. The summed E-state index contributed by atoms with van der Waals surface area (Å²) in [6.45, 7) is 6.19. The van der Waals surface area contributed by atoms with Gasteiger partial charge in [0.2, 0.25) is 0 Å². The average molecular weight is 378 g/mol. The summed E-state index contributed by atoms with van der Waals surface area (Å²) in [5, 5.41) is 5.90. The van der Waals surface area contributed by atoms with Crippen molar-refractivity contribution < 1.29 is 9.18 Å². The average Bonchev–Trinajstić information content (AvgIpc) is 2.71. The van der Waals surface area contributed by atoms with E-state index < -0.39 is 5.82 Å². The molecule has 2 aromatic carbocycles. The molecule has 0 saturated carbocycles. The summed E-state index contributed by atoms with van der Waals surface area (Å²) in [6.07, 6.45) is 1.60. The quantitative estimate of drug-likeness (QED) is 0.603. The minimum Gasteiger partial charge on any atom is -0.372 e. The summed E-state index contributed by atoms with van der Waals surface area (Å²) in [7, 11) is 0. The first-order valence-corrected chi connectivity index (χ1v) is 9.24. The third kappa shape index (κ3) is 4.85. The van der Waals surface area contributed by atoms with Crippen LogP contribution in [0.25, 0.3) is 0 Å². The van der Waals surface area contributed by atoms with Gasteiger partial charge in [-0.25, -0.2) is 9.37 Å². The molecule has 0 aliphatic heterocycles. The van der Waals surface area contributed by atoms with Gasteiger partial charge in [-0.3, -0.25) is 4.79 Å². The maximum atomic E-state index is 13.2. The Kier molecular flexibility index (Phi) is 6.22. The third-order valence-corrected chi connectivity index (χ3v) is 4.36. The Hall–Kier alpha value is -3.41. The van der Waals surface area contributed by atoms with Crippen LogP contribution < -0.4 is 15.5 Å². The third-order valence-electron chi connectivity index (χ3n) is 4.36. The summed E-state index contributed by atoms with van der Waals surface area (Å²) in [4.78, 5) is 18.7. The zero-order valence-corrected chi connectivity index (χ0v) is 15.9. The molecule has 0 spiro atoms. The lowest BCUT2D eigenvalue weighted by molar-refractivity contribution is 0.102. The molecule has 1 heterocycles. The zero-order valence-electron chi connectivity index (χ0n) is 15.9. The number of hydrogen-bond acceptors (Lipinski definition) is 4. The highest BCUT2D eigenvalue weighted by Crippen LogP contribution is 2.21. The topological polar surface area (TPSA) is 57.3 Å². The Bertz CT molecular complexity index is 922. The fourth-order valence-electron chi connectivity index (χ4n) is 2.87. The molecule has 0 bridgehead atoms. The Morgan fingerprint density at radius 2 is 1.68 bits per heavy atom. The van der Waals surface area contributed by atoms with Gasteiger partial charge in [0, 0.05) is 30.2 Å². The van der Waals surface area contributed by atoms with E-state index in [1.165, 1.54) is 23.9 Å². The van der Waals surface area contributed by atoms with Crippen molar-refractivity contribution in [2.75, 3.05) is 28.6 Å². The number of nitrogens with one attached hydrogen (secondary N) is 2. The number of carbonyl (C=O) groups excluding carboxylic acids is 1. The summed E-state index contributed by atoms with van der Waals surface area (Å²) in [5.74, 6) is -0.793. The number of benzene rings is 2. The van der Waals surface area contributed by atoms with Gasteiger partial charge in [-0.15, -0.1) is 0 Å². The highest BCUT2D eigenvalue weighted by atomic mass is 19.1. The van der Waals surface area contributed by atoms with Crippen molar-refractivity contribution in [2.24, 2.45) is 0 Å². The molecule has 0 radical (unpaired) electrons. The van der Waals surface area contributed by atoms with E-state index in [-0.39, 0.29) is 11.6 Å². The number of anilines is 4. The molecule has 1 amide bonds. The molecule has 144 valence electrons. The van der Waals surface area contributed by atoms with E-state index in [0.717, 1.165) is 24.5 Å². The van der Waals surface area contributed by atoms with Crippen LogP contribution in [0.5, 0.6) is 0 Å². The molecule has 0 unspecified atom stereocenters. The molecule has 2 N–H and O–H groups in total. The van der Waals surface area contributed by atoms with Gasteiger partial charge in [-0.05, 0) is 68.4 Å².